The van der Waals surface area contributed by atoms with Crippen LogP contribution < -0.4 is 16.4 Å². The molecule has 1 unspecified atom stereocenters. The van der Waals surface area contributed by atoms with Crippen LogP contribution >= 0.6 is 0 Å². The molecule has 3 heterocycles. The maximum Gasteiger partial charge on any atom is 0.410 e. The Morgan fingerprint density at radius 2 is 2.05 bits per heavy atom. The highest BCUT2D eigenvalue weighted by Gasteiger charge is 2.61. The van der Waals surface area contributed by atoms with Gasteiger partial charge in [0.2, 0.25) is 11.8 Å². The molecule has 3 aliphatic heterocycles. The minimum Gasteiger partial charge on any atom is -0.444 e. The lowest BCUT2D eigenvalue weighted by Gasteiger charge is -2.28. The quantitative estimate of drug-likeness (QED) is 0.285. The summed E-state index contributed by atoms with van der Waals surface area (Å²) in [5.74, 6) is -2.29. The topological polar surface area (TPSA) is 158 Å². The molecule has 4 aliphatic rings. The van der Waals surface area contributed by atoms with Crippen molar-refractivity contribution in [2.45, 2.75) is 81.8 Å². The van der Waals surface area contributed by atoms with E-state index in [0.717, 1.165) is 25.7 Å². The summed E-state index contributed by atoms with van der Waals surface area (Å²) in [6, 6.07) is 2.83. The number of fused-ring (bicyclic) bond motifs is 3. The van der Waals surface area contributed by atoms with Crippen molar-refractivity contribution in [3.05, 3.63) is 47.3 Å². The van der Waals surface area contributed by atoms with E-state index in [0.29, 0.717) is 24.0 Å². The van der Waals surface area contributed by atoms with E-state index in [4.69, 9.17) is 15.7 Å². The first-order chi connectivity index (χ1) is 19.2. The highest BCUT2D eigenvalue weighted by molar-refractivity contribution is 5.98. The molecule has 12 heteroatoms. The number of ether oxygens (including phenoxy) is 1. The zero-order chi connectivity index (χ0) is 28.4. The second-order valence-electron chi connectivity index (χ2n) is 11.0. The molecule has 0 spiro atoms. The number of nitrogens with two attached hydrogens (primary N) is 1. The zero-order valence-corrected chi connectivity index (χ0v) is 22.1. The van der Waals surface area contributed by atoms with Crippen LogP contribution in [0.15, 0.2) is 30.4 Å². The number of nitriles is 1. The van der Waals surface area contributed by atoms with Crippen LogP contribution in [-0.4, -0.2) is 63.9 Å². The number of nitrogens with one attached hydrogen (secondary N) is 2. The van der Waals surface area contributed by atoms with E-state index in [2.05, 4.69) is 10.6 Å². The molecule has 1 saturated heterocycles. The van der Waals surface area contributed by atoms with Crippen molar-refractivity contribution in [3.8, 4) is 6.19 Å². The summed E-state index contributed by atoms with van der Waals surface area (Å²) in [6.45, 7) is 0.226. The third kappa shape index (κ3) is 5.38. The maximum absolute atomic E-state index is 14.2. The normalized spacial score (nSPS) is 30.9. The molecule has 1 aromatic rings. The molecule has 5 rings (SSSR count). The zero-order valence-electron chi connectivity index (χ0n) is 22.1. The van der Waals surface area contributed by atoms with Crippen LogP contribution in [0.3, 0.4) is 0 Å². The first kappa shape index (κ1) is 27.6. The second-order valence-corrected chi connectivity index (χ2v) is 11.0. The maximum atomic E-state index is 14.2. The minimum atomic E-state index is -1.29. The summed E-state index contributed by atoms with van der Waals surface area (Å²) >= 11 is 0. The molecule has 212 valence electrons. The highest BCUT2D eigenvalue weighted by atomic mass is 19.1. The van der Waals surface area contributed by atoms with Gasteiger partial charge in [0.05, 0.1) is 19.1 Å². The fourth-order valence-corrected chi connectivity index (χ4v) is 5.95. The molecule has 0 radical (unpaired) electrons. The van der Waals surface area contributed by atoms with Gasteiger partial charge >= 0.3 is 6.09 Å². The van der Waals surface area contributed by atoms with Crippen molar-refractivity contribution in [2.75, 3.05) is 6.54 Å². The molecule has 1 aliphatic carbocycles. The third-order valence-corrected chi connectivity index (χ3v) is 8.31. The molecule has 11 nitrogen and oxygen atoms in total. The molecule has 0 bridgehead atoms. The van der Waals surface area contributed by atoms with Crippen molar-refractivity contribution in [2.24, 2.45) is 11.7 Å². The van der Waals surface area contributed by atoms with Crippen LogP contribution in [0.25, 0.3) is 0 Å². The Bertz CT molecular complexity index is 1280. The van der Waals surface area contributed by atoms with Gasteiger partial charge in [-0.15, -0.1) is 0 Å². The van der Waals surface area contributed by atoms with E-state index < -0.39 is 53.4 Å². The Hall–Kier alpha value is -3.98. The van der Waals surface area contributed by atoms with Crippen LogP contribution in [0, 0.1) is 23.2 Å². The smallest absolute Gasteiger partial charge is 0.410 e. The Morgan fingerprint density at radius 1 is 1.23 bits per heavy atom. The summed E-state index contributed by atoms with van der Waals surface area (Å²) in [7, 11) is 0. The van der Waals surface area contributed by atoms with Crippen molar-refractivity contribution < 1.29 is 28.3 Å². The molecule has 4 N–H and O–H groups in total. The van der Waals surface area contributed by atoms with E-state index in [-0.39, 0.29) is 32.0 Å². The number of carbonyl (C=O) groups excluding carboxylic acids is 4. The van der Waals surface area contributed by atoms with Gasteiger partial charge in [-0.3, -0.25) is 24.6 Å². The van der Waals surface area contributed by atoms with Gasteiger partial charge in [0.15, 0.2) is 6.19 Å². The van der Waals surface area contributed by atoms with Gasteiger partial charge in [-0.05, 0) is 37.3 Å². The van der Waals surface area contributed by atoms with Crippen LogP contribution in [0.5, 0.6) is 0 Å². The predicted octanol–water partition coefficient (Wildman–Crippen LogP) is 1.57. The van der Waals surface area contributed by atoms with E-state index >= 15 is 0 Å². The Labute approximate surface area is 231 Å². The second kappa shape index (κ2) is 11.3. The summed E-state index contributed by atoms with van der Waals surface area (Å²) in [5, 5.41) is 13.9. The molecular weight excluding hydrogens is 519 g/mol. The van der Waals surface area contributed by atoms with Gasteiger partial charge in [0.25, 0.3) is 5.91 Å². The van der Waals surface area contributed by atoms with Gasteiger partial charge < -0.3 is 20.7 Å². The van der Waals surface area contributed by atoms with Gasteiger partial charge in [-0.25, -0.2) is 9.18 Å². The largest absolute Gasteiger partial charge is 0.444 e. The average molecular weight is 553 g/mol. The standard InChI is InChI=1S/C28H33FN6O5/c29-21-9-6-7-17-13-34(15-20(17)21)27(39)40-19-11-23-24(36)33-28(26(38)32-16-30)12-18(28)8-4-2-1-3-5-10-22(31)25(37)35(23)14-19/h4,6-9,18-19,22-23H,1-3,5,10-15,31H2,(H,32,38)(H,33,36)/b8-4-/t18-,19-,22+,23?,28-/m1/s1. The summed E-state index contributed by atoms with van der Waals surface area (Å²) in [4.78, 5) is 55.5. The third-order valence-electron chi connectivity index (χ3n) is 8.31. The lowest BCUT2D eigenvalue weighted by Crippen LogP contribution is -2.56. The molecule has 1 aromatic carbocycles. The fourth-order valence-electron chi connectivity index (χ4n) is 5.95. The van der Waals surface area contributed by atoms with Crippen LogP contribution in [0.2, 0.25) is 0 Å². The number of hydrogen-bond acceptors (Lipinski definition) is 7. The number of halogens is 1. The molecule has 40 heavy (non-hydrogen) atoms. The lowest BCUT2D eigenvalue weighted by atomic mass is 10.1. The minimum absolute atomic E-state index is 0.0155. The molecule has 2 fully saturated rings. The van der Waals surface area contributed by atoms with Crippen molar-refractivity contribution >= 4 is 23.8 Å². The lowest BCUT2D eigenvalue weighted by molar-refractivity contribution is -0.140. The number of carbonyl (C=O) groups is 4. The summed E-state index contributed by atoms with van der Waals surface area (Å²) in [5.41, 5.74) is 6.08. The first-order valence-corrected chi connectivity index (χ1v) is 13.7. The Balaban J connectivity index is 1.33. The van der Waals surface area contributed by atoms with Gasteiger partial charge in [-0.1, -0.05) is 37.1 Å². The molecule has 4 amide bonds. The fraction of sp³-hybridized carbons (Fsp3) is 0.536. The molecular formula is C28H33FN6O5. The summed E-state index contributed by atoms with van der Waals surface area (Å²) < 4.78 is 19.9. The van der Waals surface area contributed by atoms with Gasteiger partial charge in [-0.2, -0.15) is 5.26 Å². The number of amides is 4. The van der Waals surface area contributed by atoms with E-state index in [9.17, 15) is 23.6 Å². The van der Waals surface area contributed by atoms with Crippen LogP contribution in [-0.2, 0) is 32.2 Å². The van der Waals surface area contributed by atoms with Gasteiger partial charge in [0.1, 0.15) is 23.5 Å². The Kier molecular flexibility index (Phi) is 7.76. The molecule has 1 saturated carbocycles. The van der Waals surface area contributed by atoms with Crippen LogP contribution in [0.1, 0.15) is 56.1 Å². The van der Waals surface area contributed by atoms with Crippen molar-refractivity contribution in [1.29, 1.82) is 5.26 Å². The number of rotatable bonds is 2. The van der Waals surface area contributed by atoms with E-state index in [1.807, 2.05) is 12.2 Å². The molecule has 0 aromatic heterocycles. The monoisotopic (exact) mass is 552 g/mol. The Morgan fingerprint density at radius 3 is 2.83 bits per heavy atom. The highest BCUT2D eigenvalue weighted by Crippen LogP contribution is 2.45. The number of benzene rings is 1. The number of allylic oxidation sites excluding steroid dienone is 1. The summed E-state index contributed by atoms with van der Waals surface area (Å²) in [6.07, 6.45) is 8.11. The van der Waals surface area contributed by atoms with E-state index in [1.165, 1.54) is 15.9 Å². The number of nitrogens with zero attached hydrogens (tertiary/aromatic N) is 3. The van der Waals surface area contributed by atoms with Gasteiger partial charge in [0, 0.05) is 24.4 Å². The molecule has 5 atom stereocenters. The number of hydrogen-bond donors (Lipinski definition) is 3. The van der Waals surface area contributed by atoms with Crippen LogP contribution in [0.4, 0.5) is 9.18 Å². The van der Waals surface area contributed by atoms with Crippen molar-refractivity contribution in [3.63, 3.8) is 0 Å². The van der Waals surface area contributed by atoms with E-state index in [1.54, 1.807) is 18.3 Å². The predicted molar refractivity (Wildman–Crippen MR) is 139 cm³/mol. The average Bonchev–Trinajstić information content (AvgIpc) is 3.24. The first-order valence-electron chi connectivity index (χ1n) is 13.7. The van der Waals surface area contributed by atoms with Crippen molar-refractivity contribution in [1.82, 2.24) is 20.4 Å². The SMILES string of the molecule is N#CNC(=O)[C@@]12C[C@H]1/C=C\CCCCC[C@H](N)C(=O)N1C[C@H](OC(=O)N3Cc4cccc(F)c4C3)CC1C(=O)N2.